The van der Waals surface area contributed by atoms with Crippen LogP contribution in [-0.2, 0) is 6.54 Å². The second-order valence-electron chi connectivity index (χ2n) is 3.16. The Morgan fingerprint density at radius 3 is 2.38 bits per heavy atom. The number of hydrogen-bond acceptors (Lipinski definition) is 4. The number of nitrogens with one attached hydrogen (secondary N) is 2. The minimum atomic E-state index is 0. The topological polar surface area (TPSA) is 44.3 Å². The summed E-state index contributed by atoms with van der Waals surface area (Å²) in [4.78, 5) is 2.74. The Kier molecular flexibility index (Phi) is 13.5. The maximum absolute atomic E-state index is 8.52. The van der Waals surface area contributed by atoms with E-state index in [1.807, 2.05) is 11.3 Å². The lowest BCUT2D eigenvalue weighted by Crippen LogP contribution is -2.28. The van der Waals surface area contributed by atoms with Crippen molar-refractivity contribution in [2.45, 2.75) is 13.5 Å². The Labute approximate surface area is 113 Å². The third kappa shape index (κ3) is 8.33. The van der Waals surface area contributed by atoms with Crippen LogP contribution in [-0.4, -0.2) is 31.3 Å². The summed E-state index contributed by atoms with van der Waals surface area (Å²) >= 11 is 1.83. The van der Waals surface area contributed by atoms with Gasteiger partial charge < -0.3 is 15.7 Å². The van der Waals surface area contributed by atoms with Crippen LogP contribution in [0.15, 0.2) is 12.1 Å². The second-order valence-corrected chi connectivity index (χ2v) is 4.54. The Bertz CT molecular complexity index is 259. The minimum absolute atomic E-state index is 0. The third-order valence-corrected chi connectivity index (χ3v) is 2.86. The van der Waals surface area contributed by atoms with E-state index in [-0.39, 0.29) is 31.4 Å². The van der Waals surface area contributed by atoms with E-state index < -0.39 is 0 Å². The molecule has 0 spiro atoms. The van der Waals surface area contributed by atoms with Crippen molar-refractivity contribution in [2.75, 3.05) is 26.2 Å². The molecule has 0 aromatic carbocycles. The van der Waals surface area contributed by atoms with Gasteiger partial charge in [-0.2, -0.15) is 0 Å². The van der Waals surface area contributed by atoms with Gasteiger partial charge in [0.25, 0.3) is 0 Å². The molecule has 1 heterocycles. The predicted octanol–water partition coefficient (Wildman–Crippen LogP) is 1.57. The fraction of sp³-hybridized carbons (Fsp3) is 0.600. The van der Waals surface area contributed by atoms with Gasteiger partial charge in [-0.1, -0.05) is 0 Å². The van der Waals surface area contributed by atoms with Gasteiger partial charge in [0, 0.05) is 35.9 Å². The Balaban J connectivity index is 0. The molecule has 0 aliphatic rings. The number of aryl methyl sites for hydroxylation is 1. The molecule has 96 valence electrons. The molecule has 0 atom stereocenters. The molecule has 0 radical (unpaired) electrons. The average molecular weight is 287 g/mol. The average Bonchev–Trinajstić information content (AvgIpc) is 2.58. The summed E-state index contributed by atoms with van der Waals surface area (Å²) in [6.45, 7) is 5.81. The smallest absolute Gasteiger partial charge is 0.0555 e. The van der Waals surface area contributed by atoms with Crippen LogP contribution in [0.3, 0.4) is 0 Å². The quantitative estimate of drug-likeness (QED) is 0.667. The van der Waals surface area contributed by atoms with Crippen LogP contribution < -0.4 is 10.6 Å². The number of aliphatic hydroxyl groups excluding tert-OH is 1. The number of halogens is 2. The molecule has 3 nitrogen and oxygen atoms in total. The number of aliphatic hydroxyl groups is 1. The lowest BCUT2D eigenvalue weighted by Gasteiger charge is -2.03. The molecule has 0 saturated carbocycles. The van der Waals surface area contributed by atoms with Crippen molar-refractivity contribution < 1.29 is 5.11 Å². The highest BCUT2D eigenvalue weighted by molar-refractivity contribution is 7.11. The summed E-state index contributed by atoms with van der Waals surface area (Å²) in [5.41, 5.74) is 0. The van der Waals surface area contributed by atoms with Crippen LogP contribution in [0.5, 0.6) is 0 Å². The summed E-state index contributed by atoms with van der Waals surface area (Å²) < 4.78 is 0. The van der Waals surface area contributed by atoms with Gasteiger partial charge in [-0.25, -0.2) is 0 Å². The fourth-order valence-electron chi connectivity index (χ4n) is 1.17. The highest BCUT2D eigenvalue weighted by Gasteiger charge is 1.95. The largest absolute Gasteiger partial charge is 0.395 e. The summed E-state index contributed by atoms with van der Waals surface area (Å²) in [5.74, 6) is 0. The molecule has 0 unspecified atom stereocenters. The maximum Gasteiger partial charge on any atom is 0.0555 e. The van der Waals surface area contributed by atoms with Gasteiger partial charge in [-0.3, -0.25) is 0 Å². The fourth-order valence-corrected chi connectivity index (χ4v) is 2.03. The maximum atomic E-state index is 8.52. The first kappa shape index (κ1) is 18.5. The monoisotopic (exact) mass is 286 g/mol. The molecule has 3 N–H and O–H groups in total. The first-order valence-electron chi connectivity index (χ1n) is 4.90. The van der Waals surface area contributed by atoms with Crippen LogP contribution in [0.4, 0.5) is 0 Å². The Morgan fingerprint density at radius 1 is 1.12 bits per heavy atom. The van der Waals surface area contributed by atoms with E-state index in [2.05, 4.69) is 29.7 Å². The van der Waals surface area contributed by atoms with Crippen LogP contribution in [0.1, 0.15) is 9.75 Å². The first-order valence-corrected chi connectivity index (χ1v) is 5.72. The minimum Gasteiger partial charge on any atom is -0.395 e. The van der Waals surface area contributed by atoms with Crippen LogP contribution >= 0.6 is 36.2 Å². The Morgan fingerprint density at radius 2 is 1.81 bits per heavy atom. The van der Waals surface area contributed by atoms with Gasteiger partial charge in [0.1, 0.15) is 0 Å². The standard InChI is InChI=1S/C10H18N2OS.2ClH/c1-9-2-3-10(14-9)8-12-5-4-11-6-7-13;;/h2-3,11-13H,4-8H2,1H3;2*1H. The van der Waals surface area contributed by atoms with Crippen molar-refractivity contribution in [3.8, 4) is 0 Å². The van der Waals surface area contributed by atoms with E-state index in [1.54, 1.807) is 0 Å². The van der Waals surface area contributed by atoms with Crippen LogP contribution in [0.25, 0.3) is 0 Å². The molecular weight excluding hydrogens is 267 g/mol. The molecule has 0 aliphatic carbocycles. The Hall–Kier alpha value is 0.160. The lowest BCUT2D eigenvalue weighted by molar-refractivity contribution is 0.292. The number of hydrogen-bond donors (Lipinski definition) is 3. The number of thiophene rings is 1. The van der Waals surface area contributed by atoms with Crippen molar-refractivity contribution in [1.29, 1.82) is 0 Å². The van der Waals surface area contributed by atoms with E-state index in [9.17, 15) is 0 Å². The highest BCUT2D eigenvalue weighted by Crippen LogP contribution is 2.13. The molecule has 6 heteroatoms. The first-order chi connectivity index (χ1) is 6.83. The van der Waals surface area contributed by atoms with E-state index >= 15 is 0 Å². The zero-order chi connectivity index (χ0) is 10.2. The van der Waals surface area contributed by atoms with E-state index in [4.69, 9.17) is 5.11 Å². The normalized spacial score (nSPS) is 9.38. The van der Waals surface area contributed by atoms with Crippen molar-refractivity contribution in [3.63, 3.8) is 0 Å². The molecule has 0 amide bonds. The lowest BCUT2D eigenvalue weighted by atomic mass is 10.4. The van der Waals surface area contributed by atoms with E-state index in [0.717, 1.165) is 19.6 Å². The zero-order valence-corrected chi connectivity index (χ0v) is 11.8. The summed E-state index contributed by atoms with van der Waals surface area (Å²) in [6.07, 6.45) is 0. The predicted molar refractivity (Wildman–Crippen MR) is 75.2 cm³/mol. The SMILES string of the molecule is Cc1ccc(CNCCNCCO)s1.Cl.Cl. The van der Waals surface area contributed by atoms with Gasteiger partial charge in [-0.15, -0.1) is 36.2 Å². The van der Waals surface area contributed by atoms with Gasteiger partial charge in [0.05, 0.1) is 6.61 Å². The van der Waals surface area contributed by atoms with Gasteiger partial charge in [0.2, 0.25) is 0 Å². The molecule has 0 aliphatic heterocycles. The summed E-state index contributed by atoms with van der Waals surface area (Å²) in [5, 5.41) is 15.0. The second kappa shape index (κ2) is 11.6. The molecule has 16 heavy (non-hydrogen) atoms. The number of rotatable bonds is 7. The zero-order valence-electron chi connectivity index (χ0n) is 9.36. The molecule has 0 saturated heterocycles. The molecule has 1 rings (SSSR count). The van der Waals surface area contributed by atoms with E-state index in [1.165, 1.54) is 9.75 Å². The highest BCUT2D eigenvalue weighted by atomic mass is 35.5. The van der Waals surface area contributed by atoms with Gasteiger partial charge in [-0.05, 0) is 19.1 Å². The van der Waals surface area contributed by atoms with Gasteiger partial charge >= 0.3 is 0 Å². The van der Waals surface area contributed by atoms with Gasteiger partial charge in [0.15, 0.2) is 0 Å². The molecule has 0 fully saturated rings. The molecular formula is C10H20Cl2N2OS. The summed E-state index contributed by atoms with van der Waals surface area (Å²) in [7, 11) is 0. The van der Waals surface area contributed by atoms with Crippen molar-refractivity contribution in [1.82, 2.24) is 10.6 Å². The van der Waals surface area contributed by atoms with E-state index in [0.29, 0.717) is 6.54 Å². The van der Waals surface area contributed by atoms with Crippen molar-refractivity contribution in [3.05, 3.63) is 21.9 Å². The molecule has 1 aromatic heterocycles. The molecule has 0 bridgehead atoms. The third-order valence-electron chi connectivity index (χ3n) is 1.86. The van der Waals surface area contributed by atoms with Crippen LogP contribution in [0, 0.1) is 6.92 Å². The summed E-state index contributed by atoms with van der Waals surface area (Å²) in [6, 6.07) is 4.31. The molecule has 1 aromatic rings. The van der Waals surface area contributed by atoms with Crippen LogP contribution in [0.2, 0.25) is 0 Å². The van der Waals surface area contributed by atoms with Crippen molar-refractivity contribution >= 4 is 36.2 Å². The van der Waals surface area contributed by atoms with Crippen molar-refractivity contribution in [2.24, 2.45) is 0 Å².